The fourth-order valence-corrected chi connectivity index (χ4v) is 2.54. The van der Waals surface area contributed by atoms with Crippen LogP contribution in [-0.4, -0.2) is 23.3 Å². The molecule has 2 aromatic heterocycles. The van der Waals surface area contributed by atoms with Crippen molar-refractivity contribution in [2.24, 2.45) is 7.05 Å². The highest BCUT2D eigenvalue weighted by Crippen LogP contribution is 2.24. The molecule has 0 saturated heterocycles. The van der Waals surface area contributed by atoms with Gasteiger partial charge in [0, 0.05) is 24.7 Å². The smallest absolute Gasteiger partial charge is 0.294 e. The number of pyridine rings is 1. The summed E-state index contributed by atoms with van der Waals surface area (Å²) in [6.45, 7) is 0. The van der Waals surface area contributed by atoms with Crippen molar-refractivity contribution < 1.29 is 22.3 Å². The molecule has 1 aromatic carbocycles. The first-order valence-electron chi connectivity index (χ1n) is 6.91. The van der Waals surface area contributed by atoms with Crippen molar-refractivity contribution >= 4 is 22.1 Å². The topological polar surface area (TPSA) is 94.3 Å². The maximum atomic E-state index is 13.7. The number of rotatable bonds is 4. The Morgan fingerprint density at radius 3 is 2.72 bits per heavy atom. The van der Waals surface area contributed by atoms with Crippen LogP contribution in [0.5, 0.6) is 11.5 Å². The summed E-state index contributed by atoms with van der Waals surface area (Å²) in [5, 5.41) is 0.409. The number of nitrogens with zero attached hydrogens (tertiary/aromatic N) is 3. The van der Waals surface area contributed by atoms with Gasteiger partial charge in [-0.15, -0.1) is 0 Å². The van der Waals surface area contributed by atoms with Gasteiger partial charge in [0.15, 0.2) is 28.4 Å². The van der Waals surface area contributed by atoms with E-state index in [1.165, 1.54) is 19.3 Å². The van der Waals surface area contributed by atoms with Gasteiger partial charge in [-0.3, -0.25) is 9.36 Å². The Morgan fingerprint density at radius 2 is 2.04 bits per heavy atom. The van der Waals surface area contributed by atoms with E-state index in [-0.39, 0.29) is 28.7 Å². The second kappa shape index (κ2) is 6.65. The van der Waals surface area contributed by atoms with E-state index in [0.717, 1.165) is 16.7 Å². The Hall–Kier alpha value is -2.72. The second-order valence-electron chi connectivity index (χ2n) is 5.08. The van der Waals surface area contributed by atoms with Gasteiger partial charge in [0.05, 0.1) is 0 Å². The van der Waals surface area contributed by atoms with E-state index in [4.69, 9.17) is 9.29 Å². The summed E-state index contributed by atoms with van der Waals surface area (Å²) in [6.07, 6.45) is 1.36. The van der Waals surface area contributed by atoms with Crippen molar-refractivity contribution in [2.75, 3.05) is 0 Å². The van der Waals surface area contributed by atoms with Crippen molar-refractivity contribution in [3.05, 3.63) is 58.3 Å². The number of hydrogen-bond donors (Lipinski definition) is 1. The van der Waals surface area contributed by atoms with Gasteiger partial charge in [-0.1, -0.05) is 0 Å². The van der Waals surface area contributed by atoms with Crippen molar-refractivity contribution in [1.82, 2.24) is 14.5 Å². The molecular weight excluding hydrogens is 356 g/mol. The molecule has 3 aromatic rings. The molecule has 2 heterocycles. The van der Waals surface area contributed by atoms with E-state index in [1.54, 1.807) is 0 Å². The van der Waals surface area contributed by atoms with Gasteiger partial charge in [0.25, 0.3) is 5.56 Å². The summed E-state index contributed by atoms with van der Waals surface area (Å²) < 4.78 is 52.8. The third-order valence-electron chi connectivity index (χ3n) is 3.33. The average Bonchev–Trinajstić information content (AvgIpc) is 2.55. The molecule has 1 unspecified atom stereocenters. The van der Waals surface area contributed by atoms with Crippen molar-refractivity contribution in [2.45, 2.75) is 5.75 Å². The van der Waals surface area contributed by atoms with Crippen LogP contribution in [0.2, 0.25) is 0 Å². The molecule has 130 valence electrons. The summed E-state index contributed by atoms with van der Waals surface area (Å²) in [4.78, 5) is 20.4. The Morgan fingerprint density at radius 1 is 1.28 bits per heavy atom. The minimum absolute atomic E-state index is 0.0987. The largest absolute Gasteiger partial charge is 0.448 e. The number of hydrogen-bond acceptors (Lipinski definition) is 5. The zero-order chi connectivity index (χ0) is 18.1. The molecule has 1 N–H and O–H groups in total. The van der Waals surface area contributed by atoms with Crippen LogP contribution in [0.25, 0.3) is 11.0 Å². The van der Waals surface area contributed by atoms with Gasteiger partial charge in [0.1, 0.15) is 23.0 Å². The zero-order valence-electron chi connectivity index (χ0n) is 12.8. The molecular formula is C15H11F2N3O4S. The molecule has 0 radical (unpaired) electrons. The molecule has 7 nitrogen and oxygen atoms in total. The van der Waals surface area contributed by atoms with Crippen LogP contribution < -0.4 is 10.3 Å². The molecule has 10 heteroatoms. The first kappa shape index (κ1) is 17.1. The van der Waals surface area contributed by atoms with Crippen LogP contribution in [-0.2, 0) is 23.9 Å². The van der Waals surface area contributed by atoms with Crippen molar-refractivity contribution in [3.8, 4) is 11.5 Å². The molecule has 0 saturated carbocycles. The van der Waals surface area contributed by atoms with Crippen LogP contribution >= 0.6 is 0 Å². The summed E-state index contributed by atoms with van der Waals surface area (Å²) in [5.74, 6) is -2.38. The SMILES string of the molecule is Cn1c(=O)c(Oc2ccc(F)cc2F)cc2cnc(CS(=O)O)nc21. The molecule has 25 heavy (non-hydrogen) atoms. The quantitative estimate of drug-likeness (QED) is 0.710. The molecule has 0 aliphatic carbocycles. The van der Waals surface area contributed by atoms with E-state index >= 15 is 0 Å². The maximum absolute atomic E-state index is 13.7. The minimum atomic E-state index is -2.12. The summed E-state index contributed by atoms with van der Waals surface area (Å²) in [5.41, 5.74) is -0.377. The second-order valence-corrected chi connectivity index (χ2v) is 6.01. The first-order valence-corrected chi connectivity index (χ1v) is 8.19. The van der Waals surface area contributed by atoms with Gasteiger partial charge in [-0.05, 0) is 18.2 Å². The lowest BCUT2D eigenvalue weighted by molar-refractivity contribution is 0.430. The van der Waals surface area contributed by atoms with Crippen molar-refractivity contribution in [1.29, 1.82) is 0 Å². The molecule has 0 amide bonds. The number of aromatic nitrogens is 3. The predicted octanol–water partition coefficient (Wildman–Crippen LogP) is 2.12. The maximum Gasteiger partial charge on any atom is 0.294 e. The fourth-order valence-electron chi connectivity index (χ4n) is 2.18. The molecule has 0 fully saturated rings. The van der Waals surface area contributed by atoms with Gasteiger partial charge in [0.2, 0.25) is 0 Å². The zero-order valence-corrected chi connectivity index (χ0v) is 13.6. The highest BCUT2D eigenvalue weighted by molar-refractivity contribution is 7.78. The fraction of sp³-hybridized carbons (Fsp3) is 0.133. The number of benzene rings is 1. The molecule has 1 atom stereocenters. The molecule has 0 aliphatic heterocycles. The number of fused-ring (bicyclic) bond motifs is 1. The summed E-state index contributed by atoms with van der Waals surface area (Å²) in [6, 6.07) is 4.05. The highest BCUT2D eigenvalue weighted by Gasteiger charge is 2.14. The Balaban J connectivity index is 2.07. The molecule has 0 bridgehead atoms. The minimum Gasteiger partial charge on any atom is -0.448 e. The number of aryl methyl sites for hydroxylation is 1. The predicted molar refractivity (Wildman–Crippen MR) is 85.7 cm³/mol. The summed E-state index contributed by atoms with van der Waals surface area (Å²) >= 11 is -2.12. The average molecular weight is 367 g/mol. The third-order valence-corrected chi connectivity index (χ3v) is 3.84. The van der Waals surface area contributed by atoms with Gasteiger partial charge < -0.3 is 9.29 Å². The molecule has 0 spiro atoms. The molecule has 0 aliphatic rings. The van der Waals surface area contributed by atoms with E-state index < -0.39 is 28.3 Å². The molecule has 3 rings (SSSR count). The first-order chi connectivity index (χ1) is 11.8. The van der Waals surface area contributed by atoms with E-state index in [0.29, 0.717) is 11.5 Å². The van der Waals surface area contributed by atoms with E-state index in [9.17, 15) is 17.8 Å². The van der Waals surface area contributed by atoms with Gasteiger partial charge >= 0.3 is 0 Å². The van der Waals surface area contributed by atoms with Gasteiger partial charge in [-0.25, -0.2) is 23.0 Å². The van der Waals surface area contributed by atoms with Crippen molar-refractivity contribution in [3.63, 3.8) is 0 Å². The lowest BCUT2D eigenvalue weighted by Gasteiger charge is -2.10. The van der Waals surface area contributed by atoms with E-state index in [1.807, 2.05) is 0 Å². The van der Waals surface area contributed by atoms with Crippen LogP contribution in [0.4, 0.5) is 8.78 Å². The van der Waals surface area contributed by atoms with Crippen LogP contribution in [0.1, 0.15) is 5.82 Å². The lowest BCUT2D eigenvalue weighted by atomic mass is 10.3. The Bertz CT molecular complexity index is 1050. The normalized spacial score (nSPS) is 12.3. The number of halogens is 2. The Kier molecular flexibility index (Phi) is 4.55. The monoisotopic (exact) mass is 367 g/mol. The Labute approximate surface area is 142 Å². The van der Waals surface area contributed by atoms with Gasteiger partial charge in [-0.2, -0.15) is 0 Å². The van der Waals surface area contributed by atoms with E-state index in [2.05, 4.69) is 9.97 Å². The summed E-state index contributed by atoms with van der Waals surface area (Å²) in [7, 11) is 1.42. The third kappa shape index (κ3) is 3.54. The van der Waals surface area contributed by atoms with Crippen LogP contribution in [0.15, 0.2) is 35.3 Å². The standard InChI is InChI=1S/C15H11F2N3O4S/c1-20-14-8(6-18-13(19-14)7-25(22)23)4-12(15(20)21)24-11-3-2-9(16)5-10(11)17/h2-6H,7H2,1H3,(H,22,23). The van der Waals surface area contributed by atoms with Crippen LogP contribution in [0, 0.1) is 11.6 Å². The number of ether oxygens (including phenoxy) is 1. The van der Waals surface area contributed by atoms with Crippen LogP contribution in [0.3, 0.4) is 0 Å². The lowest BCUT2D eigenvalue weighted by Crippen LogP contribution is -2.20. The highest BCUT2D eigenvalue weighted by atomic mass is 32.2.